The molecule has 16 heavy (non-hydrogen) atoms. The van der Waals surface area contributed by atoms with Crippen molar-refractivity contribution in [2.75, 3.05) is 5.73 Å². The average Bonchev–Trinajstić information content (AvgIpc) is 2.22. The van der Waals surface area contributed by atoms with Crippen LogP contribution in [0.4, 0.5) is 5.69 Å². The highest BCUT2D eigenvalue weighted by molar-refractivity contribution is 9.10. The van der Waals surface area contributed by atoms with Crippen LogP contribution < -0.4 is 10.5 Å². The Kier molecular flexibility index (Phi) is 3.10. The first-order chi connectivity index (χ1) is 7.65. The maximum absolute atomic E-state index is 5.82. The number of rotatable bonds is 2. The van der Waals surface area contributed by atoms with Gasteiger partial charge in [-0.1, -0.05) is 22.0 Å². The Morgan fingerprint density at radius 3 is 2.75 bits per heavy atom. The molecule has 0 aliphatic heterocycles. The highest BCUT2D eigenvalue weighted by atomic mass is 79.9. The molecule has 0 unspecified atom stereocenters. The molecule has 0 saturated heterocycles. The monoisotopic (exact) mass is 278 g/mol. The molecule has 3 nitrogen and oxygen atoms in total. The number of ether oxygens (including phenoxy) is 1. The van der Waals surface area contributed by atoms with E-state index in [9.17, 15) is 0 Å². The molecular weight excluding hydrogens is 268 g/mol. The summed E-state index contributed by atoms with van der Waals surface area (Å²) in [6.07, 6.45) is 0. The number of nitrogens with two attached hydrogens (primary N) is 1. The maximum atomic E-state index is 5.82. The number of nitrogen functional groups attached to an aromatic ring is 1. The first-order valence-electron chi connectivity index (χ1n) is 4.82. The number of halogens is 1. The molecule has 2 rings (SSSR count). The molecule has 82 valence electrons. The molecule has 0 radical (unpaired) electrons. The van der Waals surface area contributed by atoms with Gasteiger partial charge in [0.2, 0.25) is 5.88 Å². The largest absolute Gasteiger partial charge is 0.437 e. The third-order valence-electron chi connectivity index (χ3n) is 2.05. The summed E-state index contributed by atoms with van der Waals surface area (Å²) in [4.78, 5) is 4.24. The van der Waals surface area contributed by atoms with Crippen LogP contribution in [0.3, 0.4) is 0 Å². The number of nitrogens with zero attached hydrogens (tertiary/aromatic N) is 1. The van der Waals surface area contributed by atoms with Gasteiger partial charge in [0, 0.05) is 16.2 Å². The zero-order chi connectivity index (χ0) is 11.5. The highest BCUT2D eigenvalue weighted by Gasteiger charge is 2.03. The van der Waals surface area contributed by atoms with Gasteiger partial charge in [0.05, 0.1) is 5.69 Å². The van der Waals surface area contributed by atoms with Crippen LogP contribution in [0.25, 0.3) is 0 Å². The van der Waals surface area contributed by atoms with Crippen molar-refractivity contribution in [3.8, 4) is 11.6 Å². The molecule has 1 heterocycles. The molecule has 2 aromatic rings. The zero-order valence-corrected chi connectivity index (χ0v) is 10.4. The smallest absolute Gasteiger partial charge is 0.219 e. The summed E-state index contributed by atoms with van der Waals surface area (Å²) in [5.41, 5.74) is 7.32. The number of hydrogen-bond acceptors (Lipinski definition) is 3. The van der Waals surface area contributed by atoms with Crippen molar-refractivity contribution in [3.63, 3.8) is 0 Å². The lowest BCUT2D eigenvalue weighted by Gasteiger charge is -2.08. The van der Waals surface area contributed by atoms with Crippen LogP contribution >= 0.6 is 15.9 Å². The molecule has 0 fully saturated rings. The van der Waals surface area contributed by atoms with Gasteiger partial charge in [0.25, 0.3) is 0 Å². The minimum Gasteiger partial charge on any atom is -0.437 e. The highest BCUT2D eigenvalue weighted by Crippen LogP contribution is 2.28. The van der Waals surface area contributed by atoms with Crippen molar-refractivity contribution >= 4 is 21.6 Å². The van der Waals surface area contributed by atoms with Crippen LogP contribution in [0.5, 0.6) is 11.6 Å². The molecule has 0 aliphatic rings. The molecule has 1 aromatic heterocycles. The fourth-order valence-electron chi connectivity index (χ4n) is 1.30. The van der Waals surface area contributed by atoms with Crippen molar-refractivity contribution in [1.82, 2.24) is 4.98 Å². The van der Waals surface area contributed by atoms with Crippen LogP contribution in [0.1, 0.15) is 5.69 Å². The fraction of sp³-hybridized carbons (Fsp3) is 0.0833. The van der Waals surface area contributed by atoms with Gasteiger partial charge in [-0.05, 0) is 31.2 Å². The second-order valence-corrected chi connectivity index (χ2v) is 4.32. The zero-order valence-electron chi connectivity index (χ0n) is 8.77. The average molecular weight is 279 g/mol. The lowest BCUT2D eigenvalue weighted by molar-refractivity contribution is 0.464. The molecule has 4 heteroatoms. The van der Waals surface area contributed by atoms with E-state index in [2.05, 4.69) is 20.9 Å². The predicted octanol–water partition coefficient (Wildman–Crippen LogP) is 3.53. The van der Waals surface area contributed by atoms with Crippen molar-refractivity contribution in [3.05, 3.63) is 46.6 Å². The molecule has 0 bridgehead atoms. The molecule has 0 aliphatic carbocycles. The Balaban J connectivity index is 2.27. The Hall–Kier alpha value is -1.55. The number of aromatic nitrogens is 1. The van der Waals surface area contributed by atoms with Gasteiger partial charge < -0.3 is 10.5 Å². The minimum atomic E-state index is 0.550. The lowest BCUT2D eigenvalue weighted by atomic mass is 10.3. The van der Waals surface area contributed by atoms with Gasteiger partial charge >= 0.3 is 0 Å². The third-order valence-corrected chi connectivity index (χ3v) is 2.54. The second-order valence-electron chi connectivity index (χ2n) is 3.40. The van der Waals surface area contributed by atoms with Crippen LogP contribution in [0.15, 0.2) is 40.9 Å². The van der Waals surface area contributed by atoms with Gasteiger partial charge in [-0.25, -0.2) is 4.98 Å². The van der Waals surface area contributed by atoms with E-state index < -0.39 is 0 Å². The van der Waals surface area contributed by atoms with Gasteiger partial charge in [-0.15, -0.1) is 0 Å². The number of aryl methyl sites for hydroxylation is 1. The summed E-state index contributed by atoms with van der Waals surface area (Å²) >= 11 is 3.34. The first-order valence-corrected chi connectivity index (χ1v) is 5.61. The van der Waals surface area contributed by atoms with Crippen molar-refractivity contribution in [2.24, 2.45) is 0 Å². The number of pyridine rings is 1. The van der Waals surface area contributed by atoms with E-state index in [1.54, 1.807) is 12.1 Å². The Labute approximate surface area is 102 Å². The number of anilines is 1. The van der Waals surface area contributed by atoms with Crippen molar-refractivity contribution < 1.29 is 4.74 Å². The van der Waals surface area contributed by atoms with Crippen LogP contribution in [-0.2, 0) is 0 Å². The first kappa shape index (κ1) is 11.0. The summed E-state index contributed by atoms with van der Waals surface area (Å²) in [6.45, 7) is 1.91. The Bertz CT molecular complexity index is 514. The summed E-state index contributed by atoms with van der Waals surface area (Å²) in [5.74, 6) is 1.16. The summed E-state index contributed by atoms with van der Waals surface area (Å²) in [6, 6.07) is 11.1. The third kappa shape index (κ3) is 2.52. The number of hydrogen-bond donors (Lipinski definition) is 1. The van der Waals surface area contributed by atoms with E-state index in [0.717, 1.165) is 10.2 Å². The quantitative estimate of drug-likeness (QED) is 0.855. The van der Waals surface area contributed by atoms with E-state index in [-0.39, 0.29) is 0 Å². The normalized spacial score (nSPS) is 10.1. The van der Waals surface area contributed by atoms with E-state index >= 15 is 0 Å². The fourth-order valence-corrected chi connectivity index (χ4v) is 1.68. The van der Waals surface area contributed by atoms with E-state index in [4.69, 9.17) is 10.5 Å². The van der Waals surface area contributed by atoms with Gasteiger partial charge in [0.1, 0.15) is 0 Å². The molecule has 0 saturated carbocycles. The van der Waals surface area contributed by atoms with Crippen LogP contribution in [-0.4, -0.2) is 4.98 Å². The molecule has 0 amide bonds. The molecule has 1 aromatic carbocycles. The summed E-state index contributed by atoms with van der Waals surface area (Å²) < 4.78 is 6.51. The standard InChI is InChI=1S/C12H11BrN2O/c1-8-3-2-4-12(15-8)16-11-6-5-9(13)7-10(11)14/h2-7H,14H2,1H3. The van der Waals surface area contributed by atoms with Gasteiger partial charge in [-0.3, -0.25) is 0 Å². The maximum Gasteiger partial charge on any atom is 0.219 e. The SMILES string of the molecule is Cc1cccc(Oc2ccc(Br)cc2N)n1. The van der Waals surface area contributed by atoms with Crippen molar-refractivity contribution in [1.29, 1.82) is 0 Å². The molecule has 2 N–H and O–H groups in total. The topological polar surface area (TPSA) is 48.1 Å². The van der Waals surface area contributed by atoms with Gasteiger partial charge in [-0.2, -0.15) is 0 Å². The summed E-state index contributed by atoms with van der Waals surface area (Å²) in [7, 11) is 0. The lowest BCUT2D eigenvalue weighted by Crippen LogP contribution is -1.94. The molecule has 0 spiro atoms. The second kappa shape index (κ2) is 4.53. The summed E-state index contributed by atoms with van der Waals surface area (Å²) in [5, 5.41) is 0. The van der Waals surface area contributed by atoms with Crippen molar-refractivity contribution in [2.45, 2.75) is 6.92 Å². The Morgan fingerprint density at radius 1 is 1.25 bits per heavy atom. The van der Waals surface area contributed by atoms with E-state index in [1.165, 1.54) is 0 Å². The molecule has 0 atom stereocenters. The Morgan fingerprint density at radius 2 is 2.06 bits per heavy atom. The van der Waals surface area contributed by atoms with E-state index in [1.807, 2.05) is 31.2 Å². The molecular formula is C12H11BrN2O. The predicted molar refractivity (Wildman–Crippen MR) is 67.6 cm³/mol. The van der Waals surface area contributed by atoms with Crippen LogP contribution in [0.2, 0.25) is 0 Å². The van der Waals surface area contributed by atoms with Crippen LogP contribution in [0, 0.1) is 6.92 Å². The van der Waals surface area contributed by atoms with E-state index in [0.29, 0.717) is 17.3 Å². The number of benzene rings is 1. The minimum absolute atomic E-state index is 0.550. The van der Waals surface area contributed by atoms with Gasteiger partial charge in [0.15, 0.2) is 5.75 Å².